The van der Waals surface area contributed by atoms with Gasteiger partial charge in [-0.15, -0.1) is 0 Å². The number of nitrogens with two attached hydrogens (primary N) is 1. The SMILES string of the molecule is CC(=O)NC(CSC(=O)CC1=C(C)C(=Cc2ccc(S(C)=O)cc2)c2ccc(F)cc21)C(N)=O. The van der Waals surface area contributed by atoms with Gasteiger partial charge in [-0.1, -0.05) is 30.0 Å². The van der Waals surface area contributed by atoms with Gasteiger partial charge in [0.25, 0.3) is 0 Å². The van der Waals surface area contributed by atoms with E-state index in [0.717, 1.165) is 38.9 Å². The Bertz CT molecular complexity index is 1240. The molecule has 0 heterocycles. The van der Waals surface area contributed by atoms with E-state index >= 15 is 0 Å². The van der Waals surface area contributed by atoms with E-state index in [0.29, 0.717) is 11.1 Å². The second-order valence-corrected chi connectivity index (χ2v) is 10.3. The number of hydrogen-bond acceptors (Lipinski definition) is 5. The molecular weight excluding hydrogens is 475 g/mol. The summed E-state index contributed by atoms with van der Waals surface area (Å²) in [7, 11) is -1.08. The average Bonchev–Trinajstić information content (AvgIpc) is 3.01. The number of allylic oxidation sites excluding steroid dienone is 3. The lowest BCUT2D eigenvalue weighted by atomic mass is 10.0. The number of thioether (sulfide) groups is 1. The highest BCUT2D eigenvalue weighted by Gasteiger charge is 2.27. The van der Waals surface area contributed by atoms with Crippen molar-refractivity contribution in [3.63, 3.8) is 0 Å². The Hall–Kier alpha value is -3.04. The highest BCUT2D eigenvalue weighted by atomic mass is 32.2. The van der Waals surface area contributed by atoms with E-state index in [1.54, 1.807) is 24.5 Å². The molecule has 0 radical (unpaired) electrons. The van der Waals surface area contributed by atoms with Gasteiger partial charge in [0.1, 0.15) is 11.9 Å². The average molecular weight is 501 g/mol. The van der Waals surface area contributed by atoms with Crippen LogP contribution in [0, 0.1) is 5.82 Å². The van der Waals surface area contributed by atoms with Crippen molar-refractivity contribution in [1.82, 2.24) is 5.32 Å². The van der Waals surface area contributed by atoms with Crippen LogP contribution >= 0.6 is 11.8 Å². The molecule has 0 saturated carbocycles. The third-order valence-corrected chi connectivity index (χ3v) is 7.33. The Morgan fingerprint density at radius 1 is 1.15 bits per heavy atom. The lowest BCUT2D eigenvalue weighted by Gasteiger charge is -2.13. The van der Waals surface area contributed by atoms with Gasteiger partial charge >= 0.3 is 0 Å². The second kappa shape index (κ2) is 10.9. The zero-order chi connectivity index (χ0) is 25.0. The van der Waals surface area contributed by atoms with Crippen molar-refractivity contribution in [3.05, 3.63) is 70.5 Å². The van der Waals surface area contributed by atoms with Gasteiger partial charge in [0.05, 0.1) is 0 Å². The minimum atomic E-state index is -1.08. The molecule has 3 rings (SSSR count). The molecule has 6 nitrogen and oxygen atoms in total. The maximum Gasteiger partial charge on any atom is 0.240 e. The number of carbonyl (C=O) groups is 3. The van der Waals surface area contributed by atoms with Crippen molar-refractivity contribution in [2.45, 2.75) is 31.2 Å². The third-order valence-electron chi connectivity index (χ3n) is 5.43. The van der Waals surface area contributed by atoms with Crippen LogP contribution < -0.4 is 11.1 Å². The Labute approximate surface area is 204 Å². The van der Waals surface area contributed by atoms with Gasteiger partial charge in [-0.3, -0.25) is 18.6 Å². The Morgan fingerprint density at radius 3 is 2.41 bits per heavy atom. The highest BCUT2D eigenvalue weighted by molar-refractivity contribution is 8.13. The van der Waals surface area contributed by atoms with Gasteiger partial charge in [0.2, 0.25) is 11.8 Å². The minimum absolute atomic E-state index is 0.0178. The largest absolute Gasteiger partial charge is 0.368 e. The van der Waals surface area contributed by atoms with Crippen LogP contribution in [0.2, 0.25) is 0 Å². The number of halogens is 1. The molecule has 2 atom stereocenters. The van der Waals surface area contributed by atoms with E-state index in [4.69, 9.17) is 5.73 Å². The molecule has 1 aliphatic rings. The van der Waals surface area contributed by atoms with Gasteiger partial charge in [-0.2, -0.15) is 0 Å². The summed E-state index contributed by atoms with van der Waals surface area (Å²) in [5.74, 6) is -1.52. The summed E-state index contributed by atoms with van der Waals surface area (Å²) >= 11 is 0.901. The first kappa shape index (κ1) is 25.6. The Kier molecular flexibility index (Phi) is 8.22. The Morgan fingerprint density at radius 2 is 1.82 bits per heavy atom. The number of benzene rings is 2. The monoisotopic (exact) mass is 500 g/mol. The predicted octanol–water partition coefficient (Wildman–Crippen LogP) is 3.53. The molecule has 9 heteroatoms. The van der Waals surface area contributed by atoms with Crippen LogP contribution in [0.1, 0.15) is 37.0 Å². The summed E-state index contributed by atoms with van der Waals surface area (Å²) < 4.78 is 25.7. The zero-order valence-corrected chi connectivity index (χ0v) is 20.6. The molecule has 1 aliphatic carbocycles. The van der Waals surface area contributed by atoms with Crippen LogP contribution in [0.15, 0.2) is 52.9 Å². The molecule has 0 aliphatic heterocycles. The molecule has 0 aromatic heterocycles. The van der Waals surface area contributed by atoms with Gasteiger partial charge in [0.15, 0.2) is 5.12 Å². The number of primary amides is 1. The first-order valence-corrected chi connectivity index (χ1v) is 13.0. The standard InChI is InChI=1S/C25H25FN2O4S2/c1-14-20(10-16-4-7-18(8-5-16)34(3)32)19-9-6-17(26)11-22(19)21(14)12-24(30)33-13-23(25(27)31)28-15(2)29/h4-11,23H,12-13H2,1-3H3,(H2,27,31)(H,28,29). The Balaban J connectivity index is 1.87. The fourth-order valence-electron chi connectivity index (χ4n) is 3.72. The summed E-state index contributed by atoms with van der Waals surface area (Å²) in [6.45, 7) is 3.15. The normalized spacial score (nSPS) is 15.7. The topological polar surface area (TPSA) is 106 Å². The van der Waals surface area contributed by atoms with Crippen LogP contribution in [0.5, 0.6) is 0 Å². The first-order valence-electron chi connectivity index (χ1n) is 10.4. The molecule has 2 aromatic carbocycles. The van der Waals surface area contributed by atoms with Gasteiger partial charge in [-0.05, 0) is 70.7 Å². The van der Waals surface area contributed by atoms with Crippen molar-refractivity contribution < 1.29 is 23.0 Å². The third kappa shape index (κ3) is 6.09. The number of amides is 2. The molecule has 34 heavy (non-hydrogen) atoms. The lowest BCUT2D eigenvalue weighted by Crippen LogP contribution is -2.45. The lowest BCUT2D eigenvalue weighted by molar-refractivity contribution is -0.125. The molecule has 0 spiro atoms. The van der Waals surface area contributed by atoms with Crippen molar-refractivity contribution in [3.8, 4) is 0 Å². The molecular formula is C25H25FN2O4S2. The summed E-state index contributed by atoms with van der Waals surface area (Å²) in [5, 5.41) is 2.20. The van der Waals surface area contributed by atoms with Crippen LogP contribution in [-0.4, -0.2) is 39.2 Å². The van der Waals surface area contributed by atoms with E-state index in [2.05, 4.69) is 5.32 Å². The van der Waals surface area contributed by atoms with E-state index in [1.165, 1.54) is 19.1 Å². The van der Waals surface area contributed by atoms with Gasteiger partial charge in [-0.25, -0.2) is 4.39 Å². The summed E-state index contributed by atoms with van der Waals surface area (Å²) in [5.41, 5.74) is 10.1. The molecule has 0 fully saturated rings. The van der Waals surface area contributed by atoms with Crippen molar-refractivity contribution in [2.24, 2.45) is 5.73 Å². The number of fused-ring (bicyclic) bond motifs is 1. The van der Waals surface area contributed by atoms with E-state index in [1.807, 2.05) is 25.1 Å². The fraction of sp³-hybridized carbons (Fsp3) is 0.240. The quantitative estimate of drug-likeness (QED) is 0.577. The molecule has 178 valence electrons. The number of nitrogens with one attached hydrogen (secondary N) is 1. The van der Waals surface area contributed by atoms with Crippen LogP contribution in [-0.2, 0) is 25.2 Å². The fourth-order valence-corrected chi connectivity index (χ4v) is 5.08. The smallest absolute Gasteiger partial charge is 0.240 e. The number of rotatable bonds is 8. The summed E-state index contributed by atoms with van der Waals surface area (Å²) in [4.78, 5) is 36.2. The van der Waals surface area contributed by atoms with Gasteiger partial charge in [0, 0.05) is 41.0 Å². The summed E-state index contributed by atoms with van der Waals surface area (Å²) in [6.07, 6.45) is 3.60. The highest BCUT2D eigenvalue weighted by Crippen LogP contribution is 2.44. The molecule has 3 N–H and O–H groups in total. The van der Waals surface area contributed by atoms with Crippen molar-refractivity contribution in [1.29, 1.82) is 0 Å². The van der Waals surface area contributed by atoms with E-state index in [-0.39, 0.29) is 17.3 Å². The van der Waals surface area contributed by atoms with Crippen LogP contribution in [0.3, 0.4) is 0 Å². The minimum Gasteiger partial charge on any atom is -0.368 e. The second-order valence-electron chi connectivity index (χ2n) is 7.89. The summed E-state index contributed by atoms with van der Waals surface area (Å²) in [6, 6.07) is 10.9. The van der Waals surface area contributed by atoms with Crippen molar-refractivity contribution in [2.75, 3.05) is 12.0 Å². The molecule has 2 unspecified atom stereocenters. The van der Waals surface area contributed by atoms with Crippen LogP contribution in [0.25, 0.3) is 17.2 Å². The maximum atomic E-state index is 14.1. The molecule has 0 saturated heterocycles. The predicted molar refractivity (Wildman–Crippen MR) is 135 cm³/mol. The van der Waals surface area contributed by atoms with Gasteiger partial charge < -0.3 is 11.1 Å². The van der Waals surface area contributed by atoms with Crippen molar-refractivity contribution >= 4 is 56.7 Å². The number of carbonyl (C=O) groups excluding carboxylic acids is 3. The van der Waals surface area contributed by atoms with E-state index < -0.39 is 34.5 Å². The zero-order valence-electron chi connectivity index (χ0n) is 19.0. The first-order chi connectivity index (χ1) is 16.1. The maximum absolute atomic E-state index is 14.1. The van der Waals surface area contributed by atoms with E-state index in [9.17, 15) is 23.0 Å². The molecule has 0 bridgehead atoms. The van der Waals surface area contributed by atoms with Crippen LogP contribution in [0.4, 0.5) is 4.39 Å². The number of hydrogen-bond donors (Lipinski definition) is 2. The molecule has 2 amide bonds. The molecule has 2 aromatic rings.